The SMILES string of the molecule is Cc1ccc2c(n1)NCC(c1cn(-c3ccc(C(=O)N4CCOCC4)cc3)nn1)=C2. The highest BCUT2D eigenvalue weighted by atomic mass is 16.5. The normalized spacial score (nSPS) is 15.9. The summed E-state index contributed by atoms with van der Waals surface area (Å²) in [6.45, 7) is 5.08. The molecule has 30 heavy (non-hydrogen) atoms. The van der Waals surface area contributed by atoms with Gasteiger partial charge in [-0.2, -0.15) is 0 Å². The van der Waals surface area contributed by atoms with Gasteiger partial charge < -0.3 is 15.0 Å². The van der Waals surface area contributed by atoms with Gasteiger partial charge in [-0.25, -0.2) is 9.67 Å². The van der Waals surface area contributed by atoms with Crippen molar-refractivity contribution in [1.82, 2.24) is 24.9 Å². The molecule has 0 spiro atoms. The van der Waals surface area contributed by atoms with E-state index in [1.807, 2.05) is 48.4 Å². The van der Waals surface area contributed by atoms with E-state index in [9.17, 15) is 4.79 Å². The molecule has 5 rings (SSSR count). The predicted molar refractivity (Wildman–Crippen MR) is 113 cm³/mol. The van der Waals surface area contributed by atoms with E-state index in [1.54, 1.807) is 4.68 Å². The summed E-state index contributed by atoms with van der Waals surface area (Å²) in [6.07, 6.45) is 4.00. The maximum Gasteiger partial charge on any atom is 0.254 e. The first-order chi connectivity index (χ1) is 14.7. The van der Waals surface area contributed by atoms with E-state index in [4.69, 9.17) is 4.74 Å². The summed E-state index contributed by atoms with van der Waals surface area (Å²) in [7, 11) is 0. The molecule has 8 nitrogen and oxygen atoms in total. The standard InChI is InChI=1S/C22H22N6O2/c1-15-2-3-17-12-18(13-23-21(17)24-15)20-14-28(26-25-20)19-6-4-16(5-7-19)22(29)27-8-10-30-11-9-27/h2-7,12,14H,8-11,13H2,1H3,(H,23,24). The molecule has 0 unspecified atom stereocenters. The van der Waals surface area contributed by atoms with Crippen molar-refractivity contribution in [3.05, 3.63) is 65.1 Å². The summed E-state index contributed by atoms with van der Waals surface area (Å²) in [5.74, 6) is 0.928. The van der Waals surface area contributed by atoms with E-state index < -0.39 is 0 Å². The van der Waals surface area contributed by atoms with E-state index in [1.165, 1.54) is 0 Å². The van der Waals surface area contributed by atoms with E-state index in [0.717, 1.165) is 34.0 Å². The zero-order valence-corrected chi connectivity index (χ0v) is 16.7. The molecule has 0 radical (unpaired) electrons. The topological polar surface area (TPSA) is 85.2 Å². The van der Waals surface area contributed by atoms with Crippen LogP contribution in [-0.2, 0) is 4.74 Å². The number of morpholine rings is 1. The largest absolute Gasteiger partial charge is 0.378 e. The number of hydrogen-bond acceptors (Lipinski definition) is 6. The summed E-state index contributed by atoms with van der Waals surface area (Å²) in [4.78, 5) is 18.9. The number of amides is 1. The molecule has 1 saturated heterocycles. The number of anilines is 1. The molecular weight excluding hydrogens is 380 g/mol. The number of fused-ring (bicyclic) bond motifs is 1. The lowest BCUT2D eigenvalue weighted by Crippen LogP contribution is -2.40. The predicted octanol–water partition coefficient (Wildman–Crippen LogP) is 2.41. The molecule has 0 saturated carbocycles. The van der Waals surface area contributed by atoms with E-state index >= 15 is 0 Å². The quantitative estimate of drug-likeness (QED) is 0.724. The van der Waals surface area contributed by atoms with Crippen LogP contribution in [0.2, 0.25) is 0 Å². The third kappa shape index (κ3) is 3.57. The van der Waals surface area contributed by atoms with E-state index in [-0.39, 0.29) is 5.91 Å². The molecule has 0 bridgehead atoms. The molecule has 3 aromatic rings. The van der Waals surface area contributed by atoms with Gasteiger partial charge in [-0.1, -0.05) is 5.21 Å². The fourth-order valence-corrected chi connectivity index (χ4v) is 3.65. The zero-order valence-electron chi connectivity index (χ0n) is 16.7. The number of benzene rings is 1. The number of carbonyl (C=O) groups is 1. The van der Waals surface area contributed by atoms with Crippen molar-refractivity contribution < 1.29 is 9.53 Å². The highest BCUT2D eigenvalue weighted by Crippen LogP contribution is 2.26. The van der Waals surface area contributed by atoms with E-state index in [0.29, 0.717) is 38.4 Å². The van der Waals surface area contributed by atoms with Crippen LogP contribution in [0.1, 0.15) is 27.3 Å². The van der Waals surface area contributed by atoms with Gasteiger partial charge in [0.05, 0.1) is 25.1 Å². The van der Waals surface area contributed by atoms with Gasteiger partial charge in [-0.15, -0.1) is 5.10 Å². The van der Waals surface area contributed by atoms with Crippen LogP contribution in [0, 0.1) is 6.92 Å². The fraction of sp³-hybridized carbons (Fsp3) is 0.273. The average Bonchev–Trinajstić information content (AvgIpc) is 3.29. The Bertz CT molecular complexity index is 1110. The lowest BCUT2D eigenvalue weighted by molar-refractivity contribution is 0.0303. The number of hydrogen-bond donors (Lipinski definition) is 1. The van der Waals surface area contributed by atoms with Gasteiger partial charge in [0.15, 0.2) is 0 Å². The lowest BCUT2D eigenvalue weighted by atomic mass is 10.1. The molecule has 2 aliphatic heterocycles. The second-order valence-electron chi connectivity index (χ2n) is 7.41. The van der Waals surface area contributed by atoms with Gasteiger partial charge in [0, 0.05) is 42.0 Å². The van der Waals surface area contributed by atoms with Gasteiger partial charge >= 0.3 is 0 Å². The molecule has 1 aromatic carbocycles. The number of pyridine rings is 1. The van der Waals surface area contributed by atoms with Gasteiger partial charge in [0.1, 0.15) is 11.5 Å². The molecule has 4 heterocycles. The third-order valence-corrected chi connectivity index (χ3v) is 5.34. The van der Waals surface area contributed by atoms with Gasteiger partial charge in [0.25, 0.3) is 5.91 Å². The average molecular weight is 402 g/mol. The smallest absolute Gasteiger partial charge is 0.254 e. The Balaban J connectivity index is 1.34. The maximum atomic E-state index is 12.6. The van der Waals surface area contributed by atoms with Crippen LogP contribution in [-0.4, -0.2) is 63.6 Å². The molecular formula is C22H22N6O2. The van der Waals surface area contributed by atoms with Crippen LogP contribution >= 0.6 is 0 Å². The summed E-state index contributed by atoms with van der Waals surface area (Å²) >= 11 is 0. The molecule has 0 aliphatic carbocycles. The molecule has 1 N–H and O–H groups in total. The van der Waals surface area contributed by atoms with Crippen molar-refractivity contribution in [3.63, 3.8) is 0 Å². The molecule has 2 aromatic heterocycles. The third-order valence-electron chi connectivity index (χ3n) is 5.34. The number of aryl methyl sites for hydroxylation is 1. The Labute approximate surface area is 174 Å². The summed E-state index contributed by atoms with van der Waals surface area (Å²) in [5.41, 5.74) is 5.41. The van der Waals surface area contributed by atoms with Crippen LogP contribution in [0.3, 0.4) is 0 Å². The van der Waals surface area contributed by atoms with Crippen LogP contribution in [0.25, 0.3) is 17.3 Å². The Morgan fingerprint density at radius 3 is 2.70 bits per heavy atom. The van der Waals surface area contributed by atoms with Crippen LogP contribution in [0.4, 0.5) is 5.82 Å². The van der Waals surface area contributed by atoms with Crippen LogP contribution in [0.5, 0.6) is 0 Å². The molecule has 1 fully saturated rings. The van der Waals surface area contributed by atoms with Crippen LogP contribution < -0.4 is 5.32 Å². The van der Waals surface area contributed by atoms with Gasteiger partial charge in [-0.3, -0.25) is 4.79 Å². The highest BCUT2D eigenvalue weighted by Gasteiger charge is 2.19. The minimum absolute atomic E-state index is 0.0325. The zero-order chi connectivity index (χ0) is 20.5. The monoisotopic (exact) mass is 402 g/mol. The van der Waals surface area contributed by atoms with Crippen molar-refractivity contribution in [3.8, 4) is 5.69 Å². The van der Waals surface area contributed by atoms with Gasteiger partial charge in [-0.05, 0) is 49.4 Å². The number of nitrogens with one attached hydrogen (secondary N) is 1. The Morgan fingerprint density at radius 2 is 1.90 bits per heavy atom. The number of ether oxygens (including phenoxy) is 1. The Hall–Kier alpha value is -3.52. The minimum Gasteiger partial charge on any atom is -0.378 e. The molecule has 8 heteroatoms. The lowest BCUT2D eigenvalue weighted by Gasteiger charge is -2.26. The summed E-state index contributed by atoms with van der Waals surface area (Å²) < 4.78 is 7.04. The fourth-order valence-electron chi connectivity index (χ4n) is 3.65. The number of aromatic nitrogens is 4. The summed E-state index contributed by atoms with van der Waals surface area (Å²) in [5, 5.41) is 11.9. The molecule has 2 aliphatic rings. The first-order valence-corrected chi connectivity index (χ1v) is 10.00. The van der Waals surface area contributed by atoms with Crippen LogP contribution in [0.15, 0.2) is 42.6 Å². The number of rotatable bonds is 3. The second-order valence-corrected chi connectivity index (χ2v) is 7.41. The van der Waals surface area contributed by atoms with Crippen molar-refractivity contribution in [2.75, 3.05) is 38.2 Å². The van der Waals surface area contributed by atoms with Crippen molar-refractivity contribution in [1.29, 1.82) is 0 Å². The van der Waals surface area contributed by atoms with Crippen molar-refractivity contribution >= 4 is 23.4 Å². The van der Waals surface area contributed by atoms with Crippen molar-refractivity contribution in [2.45, 2.75) is 6.92 Å². The molecule has 152 valence electrons. The summed E-state index contributed by atoms with van der Waals surface area (Å²) in [6, 6.07) is 11.5. The van der Waals surface area contributed by atoms with E-state index in [2.05, 4.69) is 32.8 Å². The first-order valence-electron chi connectivity index (χ1n) is 10.00. The minimum atomic E-state index is 0.0325. The molecule has 1 amide bonds. The number of nitrogens with zero attached hydrogens (tertiary/aromatic N) is 5. The second kappa shape index (κ2) is 7.72. The Kier molecular flexibility index (Phi) is 4.76. The van der Waals surface area contributed by atoms with Crippen molar-refractivity contribution in [2.24, 2.45) is 0 Å². The first kappa shape index (κ1) is 18.5. The Morgan fingerprint density at radius 1 is 1.10 bits per heavy atom. The maximum absolute atomic E-state index is 12.6. The molecule has 0 atom stereocenters. The van der Waals surface area contributed by atoms with Gasteiger partial charge in [0.2, 0.25) is 0 Å². The number of carbonyl (C=O) groups excluding carboxylic acids is 1. The highest BCUT2D eigenvalue weighted by molar-refractivity contribution is 5.94.